The van der Waals surface area contributed by atoms with Crippen molar-refractivity contribution in [1.82, 2.24) is 19.6 Å². The lowest BCUT2D eigenvalue weighted by molar-refractivity contribution is -0.130. The van der Waals surface area contributed by atoms with Gasteiger partial charge in [0.25, 0.3) is 5.91 Å². The summed E-state index contributed by atoms with van der Waals surface area (Å²) in [5.41, 5.74) is 3.36. The van der Waals surface area contributed by atoms with Gasteiger partial charge in [-0.25, -0.2) is 9.59 Å². The van der Waals surface area contributed by atoms with Crippen molar-refractivity contribution < 1.29 is 33.8 Å². The van der Waals surface area contributed by atoms with Crippen molar-refractivity contribution in [2.24, 2.45) is 0 Å². The monoisotopic (exact) mass is 800 g/mol. The van der Waals surface area contributed by atoms with Gasteiger partial charge in [-0.05, 0) is 76.6 Å². The number of likely N-dealkylation sites (N-methyl/N-ethyl adjacent to an activating group) is 1. The second-order valence-electron chi connectivity index (χ2n) is 16.1. The molecule has 4 amide bonds. The number of anilines is 2. The lowest BCUT2D eigenvalue weighted by Crippen LogP contribution is -2.48. The number of likely N-dealkylation sites (tertiary alicyclic amines) is 1. The van der Waals surface area contributed by atoms with Gasteiger partial charge in [0.15, 0.2) is 0 Å². The van der Waals surface area contributed by atoms with Crippen LogP contribution in [0.4, 0.5) is 21.0 Å². The molecule has 58 heavy (non-hydrogen) atoms. The van der Waals surface area contributed by atoms with Crippen molar-refractivity contribution in [2.45, 2.75) is 77.4 Å². The number of nitrogens with zero attached hydrogens (tertiary/aromatic N) is 5. The van der Waals surface area contributed by atoms with E-state index in [-0.39, 0.29) is 17.9 Å². The molecule has 2 N–H and O–H groups in total. The Hall–Kier alpha value is -5.30. The highest BCUT2D eigenvalue weighted by Gasteiger charge is 2.31. The van der Waals surface area contributed by atoms with Crippen LogP contribution in [0.25, 0.3) is 11.1 Å². The molecule has 0 unspecified atom stereocenters. The van der Waals surface area contributed by atoms with E-state index in [1.54, 1.807) is 42.0 Å². The Labute approximate surface area is 344 Å². The van der Waals surface area contributed by atoms with Gasteiger partial charge in [-0.1, -0.05) is 55.0 Å². The second kappa shape index (κ2) is 22.0. The zero-order chi connectivity index (χ0) is 42.2. The van der Waals surface area contributed by atoms with Crippen LogP contribution in [0.2, 0.25) is 0 Å². The number of ether oxygens (including phenoxy) is 2. The fraction of sp³-hybridized carbons (Fsp3) is 0.511. The quantitative estimate of drug-likeness (QED) is 0.117. The van der Waals surface area contributed by atoms with E-state index in [2.05, 4.69) is 10.2 Å². The summed E-state index contributed by atoms with van der Waals surface area (Å²) in [5.74, 6) is 0.450. The molecule has 0 spiro atoms. The van der Waals surface area contributed by atoms with Crippen LogP contribution >= 0.6 is 0 Å². The van der Waals surface area contributed by atoms with Crippen LogP contribution in [0.1, 0.15) is 76.1 Å². The molecule has 0 atom stereocenters. The molecule has 3 aromatic rings. The Kier molecular flexibility index (Phi) is 17.2. The summed E-state index contributed by atoms with van der Waals surface area (Å²) < 4.78 is 11.0. The van der Waals surface area contributed by atoms with E-state index >= 15 is 0 Å². The summed E-state index contributed by atoms with van der Waals surface area (Å²) in [7, 11) is 6.82. The standard InChI is InChI=1S/C45H64N6O7/c1-45(2,3)58-44(56)49(6)28-16-27-48(5)42(53)38-23-22-35(33-40(38)57-7)46-26-15-9-12-21-41(52)47(4)31-32-50-29-24-36(25-30-50)51(43(54)55)39-20-14-13-19-37(39)34-17-10-8-11-18-34/h8,10-11,13-14,17-20,22-23,33,36,46H,9,12,15-16,21,24-32H2,1-7H3,(H,54,55). The van der Waals surface area contributed by atoms with Crippen molar-refractivity contribution in [3.63, 3.8) is 0 Å². The molecule has 0 radical (unpaired) electrons. The number of hydrogen-bond donors (Lipinski definition) is 2. The van der Waals surface area contributed by atoms with Gasteiger partial charge in [-0.3, -0.25) is 14.5 Å². The van der Waals surface area contributed by atoms with Gasteiger partial charge in [-0.15, -0.1) is 0 Å². The highest BCUT2D eigenvalue weighted by Crippen LogP contribution is 2.34. The molecule has 0 bridgehead atoms. The van der Waals surface area contributed by atoms with Crippen LogP contribution in [-0.2, 0) is 9.53 Å². The van der Waals surface area contributed by atoms with Gasteiger partial charge < -0.3 is 39.5 Å². The number of carbonyl (C=O) groups excluding carboxylic acids is 3. The van der Waals surface area contributed by atoms with Gasteiger partial charge in [0.05, 0.1) is 18.4 Å². The lowest BCUT2D eigenvalue weighted by Gasteiger charge is -2.38. The number of nitrogens with one attached hydrogen (secondary N) is 1. The predicted octanol–water partition coefficient (Wildman–Crippen LogP) is 7.77. The summed E-state index contributed by atoms with van der Waals surface area (Å²) in [6.45, 7) is 10.1. The molecule has 0 aliphatic carbocycles. The van der Waals surface area contributed by atoms with Gasteiger partial charge in [0.1, 0.15) is 11.4 Å². The van der Waals surface area contributed by atoms with Crippen molar-refractivity contribution in [1.29, 1.82) is 0 Å². The van der Waals surface area contributed by atoms with Crippen LogP contribution in [0.3, 0.4) is 0 Å². The number of benzene rings is 3. The highest BCUT2D eigenvalue weighted by molar-refractivity contribution is 5.97. The molecule has 4 rings (SSSR count). The highest BCUT2D eigenvalue weighted by atomic mass is 16.6. The van der Waals surface area contributed by atoms with E-state index in [1.807, 2.05) is 94.5 Å². The Balaban J connectivity index is 1.12. The van der Waals surface area contributed by atoms with E-state index in [0.29, 0.717) is 49.5 Å². The lowest BCUT2D eigenvalue weighted by atomic mass is 9.98. The number of carboxylic acid groups (broad SMARTS) is 1. The number of hydrogen-bond acceptors (Lipinski definition) is 8. The Bertz CT molecular complexity index is 1790. The molecule has 1 fully saturated rings. The zero-order valence-electron chi connectivity index (χ0n) is 35.5. The molecule has 13 nitrogen and oxygen atoms in total. The molecular weight excluding hydrogens is 737 g/mol. The average molecular weight is 801 g/mol. The maximum absolute atomic E-state index is 13.2. The number of piperidine rings is 1. The Morgan fingerprint density at radius 2 is 1.48 bits per heavy atom. The van der Waals surface area contributed by atoms with E-state index in [1.165, 1.54) is 4.90 Å². The normalized spacial score (nSPS) is 13.4. The molecule has 1 saturated heterocycles. The molecule has 1 heterocycles. The summed E-state index contributed by atoms with van der Waals surface area (Å²) in [6, 6.07) is 22.9. The molecule has 316 valence electrons. The second-order valence-corrected chi connectivity index (χ2v) is 16.1. The minimum Gasteiger partial charge on any atom is -0.496 e. The fourth-order valence-corrected chi connectivity index (χ4v) is 7.08. The van der Waals surface area contributed by atoms with Crippen LogP contribution in [-0.4, -0.2) is 134 Å². The predicted molar refractivity (Wildman–Crippen MR) is 230 cm³/mol. The average Bonchev–Trinajstić information content (AvgIpc) is 3.20. The molecule has 3 aromatic carbocycles. The summed E-state index contributed by atoms with van der Waals surface area (Å²) in [4.78, 5) is 59.7. The molecule has 1 aliphatic heterocycles. The third-order valence-corrected chi connectivity index (χ3v) is 10.4. The molecular formula is C45H64N6O7. The first kappa shape index (κ1) is 45.4. The zero-order valence-corrected chi connectivity index (χ0v) is 35.5. The first-order chi connectivity index (χ1) is 27.7. The topological polar surface area (TPSA) is 135 Å². The van der Waals surface area contributed by atoms with Crippen molar-refractivity contribution in [3.8, 4) is 16.9 Å². The minimum atomic E-state index is -0.940. The van der Waals surface area contributed by atoms with E-state index in [9.17, 15) is 24.3 Å². The number of methoxy groups -OCH3 is 1. The van der Waals surface area contributed by atoms with Crippen LogP contribution in [0.15, 0.2) is 72.8 Å². The van der Waals surface area contributed by atoms with E-state index in [0.717, 1.165) is 75.1 Å². The minimum absolute atomic E-state index is 0.117. The Morgan fingerprint density at radius 1 is 0.810 bits per heavy atom. The third-order valence-electron chi connectivity index (χ3n) is 10.4. The van der Waals surface area contributed by atoms with Crippen LogP contribution in [0, 0.1) is 0 Å². The smallest absolute Gasteiger partial charge is 0.412 e. The third kappa shape index (κ3) is 13.7. The number of amides is 4. The first-order valence-electron chi connectivity index (χ1n) is 20.4. The maximum Gasteiger partial charge on any atom is 0.412 e. The number of unbranched alkanes of at least 4 members (excludes halogenated alkanes) is 2. The Morgan fingerprint density at radius 3 is 2.16 bits per heavy atom. The summed E-state index contributed by atoms with van der Waals surface area (Å²) >= 11 is 0. The molecule has 0 aromatic heterocycles. The maximum atomic E-state index is 13.2. The van der Waals surface area contributed by atoms with Crippen LogP contribution in [0.5, 0.6) is 5.75 Å². The number of para-hydroxylation sites is 1. The van der Waals surface area contributed by atoms with Gasteiger partial charge >= 0.3 is 12.2 Å². The summed E-state index contributed by atoms with van der Waals surface area (Å²) in [5, 5.41) is 13.7. The van der Waals surface area contributed by atoms with Crippen molar-refractivity contribution in [3.05, 3.63) is 78.4 Å². The van der Waals surface area contributed by atoms with E-state index < -0.39 is 17.8 Å². The SMILES string of the molecule is COc1cc(NCCCCCC(=O)N(C)CCN2CCC(N(C(=O)O)c3ccccc3-c3ccccc3)CC2)ccc1C(=O)N(C)CCCN(C)C(=O)OC(C)(C)C. The molecule has 1 aliphatic rings. The van der Waals surface area contributed by atoms with Gasteiger partial charge in [0, 0.05) is 96.7 Å². The van der Waals surface area contributed by atoms with E-state index in [4.69, 9.17) is 9.47 Å². The summed E-state index contributed by atoms with van der Waals surface area (Å²) in [6.07, 6.45) is 3.80. The molecule has 0 saturated carbocycles. The largest absolute Gasteiger partial charge is 0.496 e. The number of rotatable bonds is 19. The van der Waals surface area contributed by atoms with Crippen molar-refractivity contribution in [2.75, 3.05) is 84.3 Å². The number of carbonyl (C=O) groups is 4. The first-order valence-corrected chi connectivity index (χ1v) is 20.4. The van der Waals surface area contributed by atoms with Crippen molar-refractivity contribution >= 4 is 35.4 Å². The van der Waals surface area contributed by atoms with Gasteiger partial charge in [0.2, 0.25) is 5.91 Å². The van der Waals surface area contributed by atoms with Crippen LogP contribution < -0.4 is 15.0 Å². The van der Waals surface area contributed by atoms with Gasteiger partial charge in [-0.2, -0.15) is 0 Å². The molecule has 13 heteroatoms. The fourth-order valence-electron chi connectivity index (χ4n) is 7.08.